The van der Waals surface area contributed by atoms with Crippen LogP contribution >= 0.6 is 0 Å². The average molecular weight is 399 g/mol. The molecule has 0 spiro atoms. The summed E-state index contributed by atoms with van der Waals surface area (Å²) in [6, 6.07) is 6.71. The topological polar surface area (TPSA) is 101 Å². The first-order chi connectivity index (χ1) is 13.0. The van der Waals surface area contributed by atoms with Crippen molar-refractivity contribution in [1.29, 1.82) is 0 Å². The summed E-state index contributed by atoms with van der Waals surface area (Å²) in [6.45, 7) is 6.19. The van der Waals surface area contributed by atoms with Crippen molar-refractivity contribution in [1.82, 2.24) is 15.4 Å². The quantitative estimate of drug-likeness (QED) is 0.307. The minimum absolute atomic E-state index is 0.238. The first-order valence-corrected chi connectivity index (χ1v) is 10.8. The van der Waals surface area contributed by atoms with E-state index in [1.807, 2.05) is 6.92 Å². The third kappa shape index (κ3) is 7.45. The molecule has 1 aromatic carbocycles. The zero-order valence-electron chi connectivity index (χ0n) is 16.0. The SMILES string of the molecule is CCNC(=NCc1ccc(S(=O)(=O)NC)cc1)NCCCOC1CCOC1. The van der Waals surface area contributed by atoms with Crippen molar-refractivity contribution in [3.05, 3.63) is 29.8 Å². The predicted octanol–water partition coefficient (Wildman–Crippen LogP) is 0.845. The van der Waals surface area contributed by atoms with Gasteiger partial charge in [0, 0.05) is 26.3 Å². The van der Waals surface area contributed by atoms with Gasteiger partial charge in [0.15, 0.2) is 5.96 Å². The number of ether oxygens (including phenoxy) is 2. The van der Waals surface area contributed by atoms with E-state index in [0.717, 1.165) is 44.1 Å². The Bertz CT molecular complexity index is 686. The molecule has 9 heteroatoms. The lowest BCUT2D eigenvalue weighted by Gasteiger charge is -2.13. The Kier molecular flexibility index (Phi) is 8.99. The molecule has 0 saturated carbocycles. The second-order valence-electron chi connectivity index (χ2n) is 6.18. The van der Waals surface area contributed by atoms with E-state index in [2.05, 4.69) is 20.3 Å². The van der Waals surface area contributed by atoms with Crippen molar-refractivity contribution < 1.29 is 17.9 Å². The van der Waals surface area contributed by atoms with Gasteiger partial charge in [-0.15, -0.1) is 0 Å². The lowest BCUT2D eigenvalue weighted by molar-refractivity contribution is 0.0420. The second kappa shape index (κ2) is 11.2. The van der Waals surface area contributed by atoms with E-state index in [1.165, 1.54) is 7.05 Å². The van der Waals surface area contributed by atoms with Crippen LogP contribution in [0.1, 0.15) is 25.3 Å². The van der Waals surface area contributed by atoms with E-state index in [9.17, 15) is 8.42 Å². The van der Waals surface area contributed by atoms with E-state index in [0.29, 0.717) is 19.8 Å². The van der Waals surface area contributed by atoms with Crippen LogP contribution in [0.15, 0.2) is 34.2 Å². The molecule has 0 radical (unpaired) electrons. The normalized spacial score (nSPS) is 17.9. The predicted molar refractivity (Wildman–Crippen MR) is 105 cm³/mol. The van der Waals surface area contributed by atoms with Gasteiger partial charge in [-0.25, -0.2) is 18.1 Å². The van der Waals surface area contributed by atoms with Crippen LogP contribution in [0.4, 0.5) is 0 Å². The fourth-order valence-electron chi connectivity index (χ4n) is 2.58. The maximum atomic E-state index is 11.7. The highest BCUT2D eigenvalue weighted by atomic mass is 32.2. The Balaban J connectivity index is 1.78. The summed E-state index contributed by atoms with van der Waals surface area (Å²) in [5, 5.41) is 6.48. The van der Waals surface area contributed by atoms with Gasteiger partial charge < -0.3 is 20.1 Å². The van der Waals surface area contributed by atoms with Crippen LogP contribution in [0.5, 0.6) is 0 Å². The molecule has 1 fully saturated rings. The third-order valence-corrected chi connectivity index (χ3v) is 5.55. The standard InChI is InChI=1S/C18H30N4O4S/c1-3-20-18(21-10-4-11-26-16-9-12-25-14-16)22-13-15-5-7-17(8-6-15)27(23,24)19-2/h5-8,16,19H,3-4,9-14H2,1-2H3,(H2,20,21,22). The molecule has 0 aliphatic carbocycles. The van der Waals surface area contributed by atoms with Gasteiger partial charge in [-0.3, -0.25) is 0 Å². The number of nitrogens with one attached hydrogen (secondary N) is 3. The Morgan fingerprint density at radius 1 is 1.30 bits per heavy atom. The molecule has 1 aliphatic heterocycles. The van der Waals surface area contributed by atoms with Crippen molar-refractivity contribution in [2.24, 2.45) is 4.99 Å². The first kappa shape index (κ1) is 21.6. The van der Waals surface area contributed by atoms with Crippen LogP contribution in [-0.2, 0) is 26.0 Å². The molecule has 0 aromatic heterocycles. The molecule has 0 amide bonds. The Hall–Kier alpha value is -1.68. The number of sulfonamides is 1. The van der Waals surface area contributed by atoms with Crippen LogP contribution in [0.3, 0.4) is 0 Å². The second-order valence-corrected chi connectivity index (χ2v) is 8.07. The molecular formula is C18H30N4O4S. The largest absolute Gasteiger partial charge is 0.379 e. The maximum absolute atomic E-state index is 11.7. The monoisotopic (exact) mass is 398 g/mol. The van der Waals surface area contributed by atoms with E-state index in [1.54, 1.807) is 24.3 Å². The van der Waals surface area contributed by atoms with Crippen molar-refractivity contribution in [3.63, 3.8) is 0 Å². The van der Waals surface area contributed by atoms with Crippen LogP contribution in [0.2, 0.25) is 0 Å². The van der Waals surface area contributed by atoms with Gasteiger partial charge in [0.25, 0.3) is 0 Å². The number of hydrogen-bond donors (Lipinski definition) is 3. The van der Waals surface area contributed by atoms with Crippen molar-refractivity contribution in [2.45, 2.75) is 37.3 Å². The Labute approximate surface area is 161 Å². The van der Waals surface area contributed by atoms with Gasteiger partial charge in [0.1, 0.15) is 0 Å². The number of guanidine groups is 1. The van der Waals surface area contributed by atoms with Gasteiger partial charge in [-0.05, 0) is 44.5 Å². The van der Waals surface area contributed by atoms with Crippen LogP contribution in [-0.4, -0.2) is 60.4 Å². The molecule has 1 unspecified atom stereocenters. The Morgan fingerprint density at radius 2 is 2.07 bits per heavy atom. The minimum Gasteiger partial charge on any atom is -0.379 e. The van der Waals surface area contributed by atoms with Crippen LogP contribution < -0.4 is 15.4 Å². The minimum atomic E-state index is -3.41. The van der Waals surface area contributed by atoms with Gasteiger partial charge in [0.05, 0.1) is 24.2 Å². The zero-order valence-corrected chi connectivity index (χ0v) is 16.8. The van der Waals surface area contributed by atoms with Gasteiger partial charge >= 0.3 is 0 Å². The summed E-state index contributed by atoms with van der Waals surface area (Å²) in [4.78, 5) is 4.79. The third-order valence-electron chi connectivity index (χ3n) is 4.12. The fraction of sp³-hybridized carbons (Fsp3) is 0.611. The summed E-state index contributed by atoms with van der Waals surface area (Å²) in [5.41, 5.74) is 0.937. The number of benzene rings is 1. The molecule has 2 rings (SSSR count). The molecule has 0 bridgehead atoms. The Morgan fingerprint density at radius 3 is 2.70 bits per heavy atom. The molecular weight excluding hydrogens is 368 g/mol. The highest BCUT2D eigenvalue weighted by Crippen LogP contribution is 2.11. The molecule has 1 aromatic rings. The number of rotatable bonds is 10. The number of hydrogen-bond acceptors (Lipinski definition) is 5. The molecule has 1 aliphatic rings. The summed E-state index contributed by atoms with van der Waals surface area (Å²) in [5.74, 6) is 0.730. The molecule has 27 heavy (non-hydrogen) atoms. The van der Waals surface area contributed by atoms with Crippen molar-refractivity contribution in [3.8, 4) is 0 Å². The maximum Gasteiger partial charge on any atom is 0.240 e. The highest BCUT2D eigenvalue weighted by Gasteiger charge is 2.15. The van der Waals surface area contributed by atoms with Crippen molar-refractivity contribution in [2.75, 3.05) is 40.0 Å². The summed E-state index contributed by atoms with van der Waals surface area (Å²) in [7, 11) is -2.01. The van der Waals surface area contributed by atoms with Crippen LogP contribution in [0, 0.1) is 0 Å². The number of aliphatic imine (C=N–C) groups is 1. The van der Waals surface area contributed by atoms with Gasteiger partial charge in [0.2, 0.25) is 10.0 Å². The lowest BCUT2D eigenvalue weighted by atomic mass is 10.2. The van der Waals surface area contributed by atoms with Gasteiger partial charge in [-0.2, -0.15) is 0 Å². The van der Waals surface area contributed by atoms with E-state index >= 15 is 0 Å². The van der Waals surface area contributed by atoms with Gasteiger partial charge in [-0.1, -0.05) is 12.1 Å². The van der Waals surface area contributed by atoms with Crippen molar-refractivity contribution >= 4 is 16.0 Å². The highest BCUT2D eigenvalue weighted by molar-refractivity contribution is 7.89. The summed E-state index contributed by atoms with van der Waals surface area (Å²) < 4.78 is 36.8. The zero-order chi connectivity index (χ0) is 19.5. The average Bonchev–Trinajstić information content (AvgIpc) is 3.19. The lowest BCUT2D eigenvalue weighted by Crippen LogP contribution is -2.38. The summed E-state index contributed by atoms with van der Waals surface area (Å²) >= 11 is 0. The van der Waals surface area contributed by atoms with E-state index in [4.69, 9.17) is 9.47 Å². The molecule has 3 N–H and O–H groups in total. The summed E-state index contributed by atoms with van der Waals surface area (Å²) in [6.07, 6.45) is 2.10. The van der Waals surface area contributed by atoms with E-state index < -0.39 is 10.0 Å². The molecule has 8 nitrogen and oxygen atoms in total. The first-order valence-electron chi connectivity index (χ1n) is 9.29. The molecule has 1 atom stereocenters. The van der Waals surface area contributed by atoms with Crippen LogP contribution in [0.25, 0.3) is 0 Å². The smallest absolute Gasteiger partial charge is 0.240 e. The van der Waals surface area contributed by atoms with E-state index in [-0.39, 0.29) is 11.0 Å². The molecule has 152 valence electrons. The molecule has 1 heterocycles. The molecule has 1 saturated heterocycles. The number of nitrogens with zero attached hydrogens (tertiary/aromatic N) is 1. The fourth-order valence-corrected chi connectivity index (χ4v) is 3.31.